The minimum Gasteiger partial charge on any atom is -0.356 e. The van der Waals surface area contributed by atoms with Crippen LogP contribution in [0.3, 0.4) is 0 Å². The van der Waals surface area contributed by atoms with Gasteiger partial charge in [0.25, 0.3) is 0 Å². The summed E-state index contributed by atoms with van der Waals surface area (Å²) in [5.41, 5.74) is 3.02. The van der Waals surface area contributed by atoms with Crippen LogP contribution in [0.1, 0.15) is 6.92 Å². The number of hydrogen-bond acceptors (Lipinski definition) is 3. The summed E-state index contributed by atoms with van der Waals surface area (Å²) >= 11 is 0. The number of nitrogens with zero attached hydrogens (tertiary/aromatic N) is 1. The Bertz CT molecular complexity index is 792. The van der Waals surface area contributed by atoms with Crippen molar-refractivity contribution in [2.24, 2.45) is 0 Å². The molecule has 4 nitrogen and oxygen atoms in total. The first-order valence-corrected chi connectivity index (χ1v) is 6.72. The summed E-state index contributed by atoms with van der Waals surface area (Å²) in [5, 5.41) is 6.72. The highest BCUT2D eigenvalue weighted by Crippen LogP contribution is 2.26. The molecule has 1 heterocycles. The van der Waals surface area contributed by atoms with Crippen LogP contribution in [0.15, 0.2) is 59.1 Å². The van der Waals surface area contributed by atoms with Crippen molar-refractivity contribution >= 4 is 11.6 Å². The van der Waals surface area contributed by atoms with Gasteiger partial charge in [0.2, 0.25) is 5.91 Å². The molecule has 0 fully saturated rings. The SMILES string of the molecule is CC(=O)Nc1ccc(-c2cc(-c3ccc(F)cc3)on2)cc1. The van der Waals surface area contributed by atoms with Gasteiger partial charge in [0.15, 0.2) is 5.76 Å². The van der Waals surface area contributed by atoms with Crippen molar-refractivity contribution < 1.29 is 13.7 Å². The van der Waals surface area contributed by atoms with Gasteiger partial charge in [-0.1, -0.05) is 17.3 Å². The van der Waals surface area contributed by atoms with Crippen LogP contribution in [-0.4, -0.2) is 11.1 Å². The van der Waals surface area contributed by atoms with E-state index in [0.29, 0.717) is 11.5 Å². The maximum Gasteiger partial charge on any atom is 0.221 e. The number of aromatic nitrogens is 1. The zero-order valence-corrected chi connectivity index (χ0v) is 11.8. The molecule has 0 unspecified atom stereocenters. The number of hydrogen-bond donors (Lipinski definition) is 1. The van der Waals surface area contributed by atoms with Crippen LogP contribution in [0, 0.1) is 5.82 Å². The normalized spacial score (nSPS) is 10.5. The summed E-state index contributed by atoms with van der Waals surface area (Å²) in [7, 11) is 0. The van der Waals surface area contributed by atoms with Gasteiger partial charge in [-0.15, -0.1) is 0 Å². The molecule has 0 atom stereocenters. The molecule has 0 spiro atoms. The quantitative estimate of drug-likeness (QED) is 0.791. The largest absolute Gasteiger partial charge is 0.356 e. The van der Waals surface area contributed by atoms with Crippen molar-refractivity contribution in [1.82, 2.24) is 5.16 Å². The summed E-state index contributed by atoms with van der Waals surface area (Å²) in [6.45, 7) is 1.46. The van der Waals surface area contributed by atoms with Crippen molar-refractivity contribution in [2.75, 3.05) is 5.32 Å². The van der Waals surface area contributed by atoms with Crippen LogP contribution in [0.2, 0.25) is 0 Å². The second kappa shape index (κ2) is 5.81. The van der Waals surface area contributed by atoms with Gasteiger partial charge in [-0.05, 0) is 36.4 Å². The minimum atomic E-state index is -0.294. The summed E-state index contributed by atoms with van der Waals surface area (Å²) in [6, 6.07) is 15.1. The Hall–Kier alpha value is -2.95. The summed E-state index contributed by atoms with van der Waals surface area (Å²) in [6.07, 6.45) is 0. The minimum absolute atomic E-state index is 0.118. The smallest absolute Gasteiger partial charge is 0.221 e. The van der Waals surface area contributed by atoms with E-state index in [1.54, 1.807) is 30.3 Å². The fourth-order valence-corrected chi connectivity index (χ4v) is 2.09. The molecule has 1 N–H and O–H groups in total. The first-order chi connectivity index (χ1) is 10.6. The molecule has 0 saturated heterocycles. The fourth-order valence-electron chi connectivity index (χ4n) is 2.09. The number of carbonyl (C=O) groups is 1. The molecule has 2 aromatic carbocycles. The highest BCUT2D eigenvalue weighted by atomic mass is 19.1. The number of benzene rings is 2. The van der Waals surface area contributed by atoms with Gasteiger partial charge in [-0.3, -0.25) is 4.79 Å². The number of amides is 1. The van der Waals surface area contributed by atoms with Crippen LogP contribution in [-0.2, 0) is 4.79 Å². The Kier molecular flexibility index (Phi) is 3.70. The molecule has 0 aliphatic rings. The summed E-state index contributed by atoms with van der Waals surface area (Å²) in [5.74, 6) is 0.158. The molecule has 5 heteroatoms. The van der Waals surface area contributed by atoms with E-state index in [-0.39, 0.29) is 11.7 Å². The summed E-state index contributed by atoms with van der Waals surface area (Å²) in [4.78, 5) is 11.0. The zero-order chi connectivity index (χ0) is 15.5. The highest BCUT2D eigenvalue weighted by molar-refractivity contribution is 5.88. The Morgan fingerprint density at radius 2 is 1.68 bits per heavy atom. The van der Waals surface area contributed by atoms with Crippen LogP contribution in [0.5, 0.6) is 0 Å². The Morgan fingerprint density at radius 3 is 2.32 bits per heavy atom. The third-order valence-electron chi connectivity index (χ3n) is 3.14. The molecule has 22 heavy (non-hydrogen) atoms. The zero-order valence-electron chi connectivity index (χ0n) is 11.8. The van der Waals surface area contributed by atoms with Crippen molar-refractivity contribution in [3.63, 3.8) is 0 Å². The van der Waals surface area contributed by atoms with Gasteiger partial charge < -0.3 is 9.84 Å². The molecule has 1 aromatic heterocycles. The Morgan fingerprint density at radius 1 is 1.05 bits per heavy atom. The number of carbonyl (C=O) groups excluding carboxylic acids is 1. The standard InChI is InChI=1S/C17H13FN2O2/c1-11(21)19-15-8-4-12(5-9-15)16-10-17(22-20-16)13-2-6-14(18)7-3-13/h2-10H,1H3,(H,19,21). The van der Waals surface area contributed by atoms with Crippen LogP contribution < -0.4 is 5.32 Å². The predicted molar refractivity (Wildman–Crippen MR) is 81.6 cm³/mol. The Labute approximate surface area is 126 Å². The molecule has 0 bridgehead atoms. The monoisotopic (exact) mass is 296 g/mol. The van der Waals surface area contributed by atoms with E-state index >= 15 is 0 Å². The van der Waals surface area contributed by atoms with Gasteiger partial charge in [0, 0.05) is 29.8 Å². The average molecular weight is 296 g/mol. The van der Waals surface area contributed by atoms with E-state index in [4.69, 9.17) is 4.52 Å². The van der Waals surface area contributed by atoms with E-state index in [1.165, 1.54) is 19.1 Å². The molecule has 0 aliphatic carbocycles. The van der Waals surface area contributed by atoms with Crippen molar-refractivity contribution in [1.29, 1.82) is 0 Å². The Balaban J connectivity index is 1.84. The number of anilines is 1. The number of halogens is 1. The topological polar surface area (TPSA) is 55.1 Å². The van der Waals surface area contributed by atoms with Gasteiger partial charge in [-0.2, -0.15) is 0 Å². The molecule has 3 rings (SSSR count). The van der Waals surface area contributed by atoms with Gasteiger partial charge in [0.05, 0.1) is 0 Å². The number of nitrogens with one attached hydrogen (secondary N) is 1. The van der Waals surface area contributed by atoms with E-state index in [2.05, 4.69) is 10.5 Å². The molecule has 0 radical (unpaired) electrons. The fraction of sp³-hybridized carbons (Fsp3) is 0.0588. The average Bonchev–Trinajstić information content (AvgIpc) is 2.98. The molecule has 3 aromatic rings. The lowest BCUT2D eigenvalue weighted by molar-refractivity contribution is -0.114. The van der Waals surface area contributed by atoms with Crippen molar-refractivity contribution in [3.8, 4) is 22.6 Å². The first-order valence-electron chi connectivity index (χ1n) is 6.72. The van der Waals surface area contributed by atoms with E-state index in [1.807, 2.05) is 12.1 Å². The molecular weight excluding hydrogens is 283 g/mol. The van der Waals surface area contributed by atoms with Crippen LogP contribution in [0.25, 0.3) is 22.6 Å². The first kappa shape index (κ1) is 14.0. The predicted octanol–water partition coefficient (Wildman–Crippen LogP) is 4.11. The third-order valence-corrected chi connectivity index (χ3v) is 3.14. The maximum atomic E-state index is 12.9. The second-order valence-electron chi connectivity index (χ2n) is 4.84. The molecule has 1 amide bonds. The van der Waals surface area contributed by atoms with Gasteiger partial charge >= 0.3 is 0 Å². The second-order valence-corrected chi connectivity index (χ2v) is 4.84. The molecule has 0 aliphatic heterocycles. The van der Waals surface area contributed by atoms with E-state index in [0.717, 1.165) is 16.8 Å². The van der Waals surface area contributed by atoms with Crippen molar-refractivity contribution in [3.05, 3.63) is 60.4 Å². The lowest BCUT2D eigenvalue weighted by Gasteiger charge is -2.02. The molecule has 110 valence electrons. The van der Waals surface area contributed by atoms with Crippen LogP contribution in [0.4, 0.5) is 10.1 Å². The summed E-state index contributed by atoms with van der Waals surface area (Å²) < 4.78 is 18.2. The van der Waals surface area contributed by atoms with E-state index < -0.39 is 0 Å². The van der Waals surface area contributed by atoms with Gasteiger partial charge in [-0.25, -0.2) is 4.39 Å². The van der Waals surface area contributed by atoms with Crippen LogP contribution >= 0.6 is 0 Å². The number of rotatable bonds is 3. The lowest BCUT2D eigenvalue weighted by atomic mass is 10.1. The molecule has 0 saturated carbocycles. The van der Waals surface area contributed by atoms with E-state index in [9.17, 15) is 9.18 Å². The lowest BCUT2D eigenvalue weighted by Crippen LogP contribution is -2.05. The van der Waals surface area contributed by atoms with Gasteiger partial charge in [0.1, 0.15) is 11.5 Å². The molecular formula is C17H13FN2O2. The van der Waals surface area contributed by atoms with Crippen molar-refractivity contribution in [2.45, 2.75) is 6.92 Å². The maximum absolute atomic E-state index is 12.9. The highest BCUT2D eigenvalue weighted by Gasteiger charge is 2.09. The third kappa shape index (κ3) is 3.03.